The van der Waals surface area contributed by atoms with Gasteiger partial charge >= 0.3 is 0 Å². The Balaban J connectivity index is 1.88. The van der Waals surface area contributed by atoms with Crippen molar-refractivity contribution in [1.29, 1.82) is 0 Å². The lowest BCUT2D eigenvalue weighted by Crippen LogP contribution is -2.23. The first-order valence-corrected chi connectivity index (χ1v) is 9.71. The molecule has 0 spiro atoms. The van der Waals surface area contributed by atoms with Crippen LogP contribution in [0, 0.1) is 18.6 Å². The van der Waals surface area contributed by atoms with E-state index in [-0.39, 0.29) is 35.5 Å². The SMILES string of the molecule is CC(=O)n1c(C)nc2c(O[C@H]3CCOc4cc(F)cc(F)c43)cc(C(=O)N(C)C)cc21. The van der Waals surface area contributed by atoms with Crippen LogP contribution in [-0.2, 0) is 0 Å². The van der Waals surface area contributed by atoms with Gasteiger partial charge in [-0.05, 0) is 19.1 Å². The molecular weight excluding hydrogens is 408 g/mol. The molecule has 1 aliphatic rings. The highest BCUT2D eigenvalue weighted by Crippen LogP contribution is 2.40. The van der Waals surface area contributed by atoms with Crippen LogP contribution in [-0.4, -0.2) is 47.0 Å². The number of aryl methyl sites for hydroxylation is 1. The van der Waals surface area contributed by atoms with Crippen LogP contribution in [0.25, 0.3) is 11.0 Å². The van der Waals surface area contributed by atoms with Crippen LogP contribution in [0.2, 0.25) is 0 Å². The third-order valence-electron chi connectivity index (χ3n) is 5.15. The molecule has 0 fully saturated rings. The topological polar surface area (TPSA) is 73.7 Å². The van der Waals surface area contributed by atoms with Crippen molar-refractivity contribution in [1.82, 2.24) is 14.5 Å². The molecule has 0 saturated heterocycles. The summed E-state index contributed by atoms with van der Waals surface area (Å²) in [6.07, 6.45) is -0.463. The molecule has 1 aromatic heterocycles. The first kappa shape index (κ1) is 20.8. The van der Waals surface area contributed by atoms with Gasteiger partial charge in [0.15, 0.2) is 0 Å². The molecule has 0 bridgehead atoms. The van der Waals surface area contributed by atoms with Crippen molar-refractivity contribution in [3.05, 3.63) is 52.9 Å². The van der Waals surface area contributed by atoms with E-state index >= 15 is 0 Å². The Bertz CT molecular complexity index is 1220. The van der Waals surface area contributed by atoms with Crippen molar-refractivity contribution in [2.75, 3.05) is 20.7 Å². The summed E-state index contributed by atoms with van der Waals surface area (Å²) in [6, 6.07) is 5.00. The van der Waals surface area contributed by atoms with Crippen molar-refractivity contribution in [2.45, 2.75) is 26.4 Å². The number of amides is 1. The second-order valence-corrected chi connectivity index (χ2v) is 7.60. The Kier molecular flexibility index (Phi) is 5.12. The Hall–Kier alpha value is -3.49. The fraction of sp³-hybridized carbons (Fsp3) is 0.318. The van der Waals surface area contributed by atoms with E-state index in [0.717, 1.165) is 12.1 Å². The molecule has 162 valence electrons. The fourth-order valence-electron chi connectivity index (χ4n) is 3.82. The molecule has 9 heteroatoms. The van der Waals surface area contributed by atoms with E-state index in [0.29, 0.717) is 28.8 Å². The maximum absolute atomic E-state index is 14.6. The molecule has 2 heterocycles. The average molecular weight is 429 g/mol. The minimum absolute atomic E-state index is 0.0796. The molecule has 2 aromatic carbocycles. The van der Waals surface area contributed by atoms with Crippen molar-refractivity contribution < 1.29 is 27.8 Å². The van der Waals surface area contributed by atoms with E-state index in [1.807, 2.05) is 0 Å². The molecule has 1 atom stereocenters. The van der Waals surface area contributed by atoms with Gasteiger partial charge in [-0.3, -0.25) is 14.2 Å². The van der Waals surface area contributed by atoms with Crippen molar-refractivity contribution >= 4 is 22.8 Å². The predicted octanol–water partition coefficient (Wildman–Crippen LogP) is 3.89. The summed E-state index contributed by atoms with van der Waals surface area (Å²) in [5.74, 6) is -1.33. The van der Waals surface area contributed by atoms with E-state index in [4.69, 9.17) is 9.47 Å². The van der Waals surface area contributed by atoms with Crippen LogP contribution >= 0.6 is 0 Å². The van der Waals surface area contributed by atoms with E-state index in [9.17, 15) is 18.4 Å². The number of nitrogens with zero attached hydrogens (tertiary/aromatic N) is 3. The highest BCUT2D eigenvalue weighted by molar-refractivity contribution is 6.01. The van der Waals surface area contributed by atoms with E-state index in [2.05, 4.69) is 4.98 Å². The third-order valence-corrected chi connectivity index (χ3v) is 5.15. The molecule has 7 nitrogen and oxygen atoms in total. The number of rotatable bonds is 3. The van der Waals surface area contributed by atoms with Gasteiger partial charge in [-0.1, -0.05) is 0 Å². The van der Waals surface area contributed by atoms with Crippen molar-refractivity contribution in [3.63, 3.8) is 0 Å². The minimum Gasteiger partial charge on any atom is -0.493 e. The van der Waals surface area contributed by atoms with E-state index in [1.165, 1.54) is 22.5 Å². The second-order valence-electron chi connectivity index (χ2n) is 7.60. The molecule has 0 unspecified atom stereocenters. The lowest BCUT2D eigenvalue weighted by atomic mass is 10.0. The minimum atomic E-state index is -0.778. The fourth-order valence-corrected chi connectivity index (χ4v) is 3.82. The summed E-state index contributed by atoms with van der Waals surface area (Å²) in [4.78, 5) is 30.7. The van der Waals surface area contributed by atoms with Crippen LogP contribution < -0.4 is 9.47 Å². The summed E-state index contributed by atoms with van der Waals surface area (Å²) in [7, 11) is 3.22. The number of benzene rings is 2. The quantitative estimate of drug-likeness (QED) is 0.632. The molecule has 0 aliphatic carbocycles. The smallest absolute Gasteiger partial charge is 0.253 e. The summed E-state index contributed by atoms with van der Waals surface area (Å²) in [6.45, 7) is 3.28. The first-order chi connectivity index (χ1) is 14.7. The van der Waals surface area contributed by atoms with Gasteiger partial charge in [-0.25, -0.2) is 13.8 Å². The molecule has 31 heavy (non-hydrogen) atoms. The van der Waals surface area contributed by atoms with Gasteiger partial charge in [0.05, 0.1) is 17.7 Å². The standard InChI is InChI=1S/C22H21F2N3O4/c1-11-25-21-16(27(11)12(2)28)7-13(22(29)26(3)4)8-19(21)31-17-5-6-30-18-10-14(23)9-15(24)20(17)18/h7-10,17H,5-6H2,1-4H3/t17-/m0/s1. The van der Waals surface area contributed by atoms with Gasteiger partial charge in [-0.2, -0.15) is 0 Å². The number of aromatic nitrogens is 2. The number of hydrogen-bond donors (Lipinski definition) is 0. The molecule has 0 N–H and O–H groups in total. The zero-order valence-electron chi connectivity index (χ0n) is 17.5. The van der Waals surface area contributed by atoms with Gasteiger partial charge in [0.1, 0.15) is 40.6 Å². The lowest BCUT2D eigenvalue weighted by Gasteiger charge is -2.27. The number of carbonyl (C=O) groups is 2. The van der Waals surface area contributed by atoms with E-state index < -0.39 is 17.7 Å². The first-order valence-electron chi connectivity index (χ1n) is 9.71. The number of halogens is 2. The average Bonchev–Trinajstić information content (AvgIpc) is 3.03. The monoisotopic (exact) mass is 429 g/mol. The Labute approximate surface area is 177 Å². The molecule has 4 rings (SSSR count). The number of fused-ring (bicyclic) bond motifs is 2. The van der Waals surface area contributed by atoms with Crippen LogP contribution in [0.1, 0.15) is 46.0 Å². The highest BCUT2D eigenvalue weighted by atomic mass is 19.1. The Morgan fingerprint density at radius 1 is 1.23 bits per heavy atom. The summed E-state index contributed by atoms with van der Waals surface area (Å²) in [5, 5.41) is 0. The van der Waals surface area contributed by atoms with Gasteiger partial charge in [0, 0.05) is 45.1 Å². The largest absolute Gasteiger partial charge is 0.493 e. The number of ether oxygens (including phenoxy) is 2. The van der Waals surface area contributed by atoms with Crippen LogP contribution in [0.3, 0.4) is 0 Å². The van der Waals surface area contributed by atoms with Gasteiger partial charge in [-0.15, -0.1) is 0 Å². The Morgan fingerprint density at radius 2 is 1.97 bits per heavy atom. The number of carbonyl (C=O) groups excluding carboxylic acids is 2. The van der Waals surface area contributed by atoms with Crippen LogP contribution in [0.4, 0.5) is 8.78 Å². The zero-order chi connectivity index (χ0) is 22.4. The van der Waals surface area contributed by atoms with Crippen LogP contribution in [0.15, 0.2) is 24.3 Å². The molecule has 1 aliphatic heterocycles. The maximum atomic E-state index is 14.6. The highest BCUT2D eigenvalue weighted by Gasteiger charge is 2.29. The van der Waals surface area contributed by atoms with Gasteiger partial charge < -0.3 is 14.4 Å². The van der Waals surface area contributed by atoms with Crippen molar-refractivity contribution in [2.24, 2.45) is 0 Å². The van der Waals surface area contributed by atoms with Gasteiger partial charge in [0.2, 0.25) is 5.91 Å². The molecular formula is C22H21F2N3O4. The molecule has 0 radical (unpaired) electrons. The summed E-state index contributed by atoms with van der Waals surface area (Å²) >= 11 is 0. The third kappa shape index (κ3) is 3.60. The second kappa shape index (κ2) is 7.64. The Morgan fingerprint density at radius 3 is 2.65 bits per heavy atom. The van der Waals surface area contributed by atoms with Crippen LogP contribution in [0.5, 0.6) is 11.5 Å². The lowest BCUT2D eigenvalue weighted by molar-refractivity contribution is 0.0825. The predicted molar refractivity (Wildman–Crippen MR) is 109 cm³/mol. The summed E-state index contributed by atoms with van der Waals surface area (Å²) in [5.41, 5.74) is 1.19. The van der Waals surface area contributed by atoms with Gasteiger partial charge in [0.25, 0.3) is 5.91 Å². The molecule has 3 aromatic rings. The maximum Gasteiger partial charge on any atom is 0.253 e. The zero-order valence-corrected chi connectivity index (χ0v) is 17.5. The van der Waals surface area contributed by atoms with Crippen molar-refractivity contribution in [3.8, 4) is 11.5 Å². The number of imidazole rings is 1. The molecule has 1 amide bonds. The van der Waals surface area contributed by atoms with E-state index in [1.54, 1.807) is 27.1 Å². The molecule has 0 saturated carbocycles. The number of hydrogen-bond acceptors (Lipinski definition) is 5. The normalized spacial score (nSPS) is 15.4. The summed E-state index contributed by atoms with van der Waals surface area (Å²) < 4.78 is 41.1.